The van der Waals surface area contributed by atoms with Gasteiger partial charge in [-0.3, -0.25) is 4.79 Å². The van der Waals surface area contributed by atoms with Gasteiger partial charge in [-0.05, 0) is 42.8 Å². The molecule has 0 bridgehead atoms. The van der Waals surface area contributed by atoms with Crippen LogP contribution in [0.2, 0.25) is 5.02 Å². The van der Waals surface area contributed by atoms with Crippen molar-refractivity contribution in [3.8, 4) is 11.5 Å². The molecule has 29 heavy (non-hydrogen) atoms. The van der Waals surface area contributed by atoms with Gasteiger partial charge in [0.2, 0.25) is 13.4 Å². The van der Waals surface area contributed by atoms with Gasteiger partial charge < -0.3 is 24.4 Å². The van der Waals surface area contributed by atoms with Gasteiger partial charge in [-0.25, -0.2) is 4.79 Å². The van der Waals surface area contributed by atoms with Crippen LogP contribution >= 0.6 is 11.6 Å². The molecule has 0 aromatic heterocycles. The van der Waals surface area contributed by atoms with E-state index in [0.29, 0.717) is 22.2 Å². The normalized spacial score (nSPS) is 12.4. The van der Waals surface area contributed by atoms with E-state index in [2.05, 4.69) is 10.5 Å². The number of amides is 1. The Hall–Kier alpha value is -3.26. The van der Waals surface area contributed by atoms with Crippen LogP contribution in [0, 0.1) is 0 Å². The Bertz CT molecular complexity index is 931. The SMILES string of the molecule is C/C(=N\OCC(=O)OCC(=O)NCc1cccc(Cl)c1)c1ccc2c(c1)OCO2. The highest BCUT2D eigenvalue weighted by Crippen LogP contribution is 2.32. The van der Waals surface area contributed by atoms with Crippen LogP contribution in [0.4, 0.5) is 0 Å². The number of nitrogens with zero attached hydrogens (tertiary/aromatic N) is 1. The molecular formula is C20H19ClN2O6. The molecular weight excluding hydrogens is 400 g/mol. The molecule has 0 atom stereocenters. The lowest BCUT2D eigenvalue weighted by atomic mass is 10.1. The third-order valence-electron chi connectivity index (χ3n) is 3.92. The molecule has 1 amide bonds. The Labute approximate surface area is 172 Å². The first-order chi connectivity index (χ1) is 14.0. The maximum absolute atomic E-state index is 11.8. The predicted molar refractivity (Wildman–Crippen MR) is 105 cm³/mol. The number of nitrogens with one attached hydrogen (secondary N) is 1. The number of halogens is 1. The second kappa shape index (κ2) is 9.79. The summed E-state index contributed by atoms with van der Waals surface area (Å²) in [5.74, 6) is 0.156. The van der Waals surface area contributed by atoms with E-state index in [0.717, 1.165) is 11.1 Å². The molecule has 0 radical (unpaired) electrons. The van der Waals surface area contributed by atoms with E-state index in [1.54, 1.807) is 43.3 Å². The molecule has 0 spiro atoms. The van der Waals surface area contributed by atoms with Crippen molar-refractivity contribution in [3.05, 3.63) is 58.6 Å². The number of carbonyl (C=O) groups excluding carboxylic acids is 2. The summed E-state index contributed by atoms with van der Waals surface area (Å²) >= 11 is 5.88. The van der Waals surface area contributed by atoms with Crippen molar-refractivity contribution in [2.45, 2.75) is 13.5 Å². The first-order valence-electron chi connectivity index (χ1n) is 8.74. The predicted octanol–water partition coefficient (Wildman–Crippen LogP) is 2.67. The Balaban J connectivity index is 1.37. The second-order valence-electron chi connectivity index (χ2n) is 6.09. The first-order valence-corrected chi connectivity index (χ1v) is 9.12. The summed E-state index contributed by atoms with van der Waals surface area (Å²) in [6.07, 6.45) is 0. The van der Waals surface area contributed by atoms with Gasteiger partial charge in [0.05, 0.1) is 5.71 Å². The monoisotopic (exact) mass is 418 g/mol. The molecule has 9 heteroatoms. The fourth-order valence-electron chi connectivity index (χ4n) is 2.44. The Morgan fingerprint density at radius 3 is 2.79 bits per heavy atom. The van der Waals surface area contributed by atoms with Crippen molar-refractivity contribution in [2.75, 3.05) is 20.0 Å². The van der Waals surface area contributed by atoms with Crippen LogP contribution in [0.25, 0.3) is 0 Å². The molecule has 1 aliphatic rings. The molecule has 1 N–H and O–H groups in total. The van der Waals surface area contributed by atoms with Crippen LogP contribution in [0.3, 0.4) is 0 Å². The molecule has 8 nitrogen and oxygen atoms in total. The summed E-state index contributed by atoms with van der Waals surface area (Å²) in [5, 5.41) is 7.09. The molecule has 152 valence electrons. The Morgan fingerprint density at radius 2 is 1.97 bits per heavy atom. The third kappa shape index (κ3) is 6.11. The van der Waals surface area contributed by atoms with Crippen molar-refractivity contribution in [2.24, 2.45) is 5.16 Å². The summed E-state index contributed by atoms with van der Waals surface area (Å²) in [6, 6.07) is 12.4. The fourth-order valence-corrected chi connectivity index (χ4v) is 2.66. The van der Waals surface area contributed by atoms with Crippen LogP contribution in [-0.4, -0.2) is 37.6 Å². The largest absolute Gasteiger partial charge is 0.454 e. The molecule has 0 fully saturated rings. The van der Waals surface area contributed by atoms with Gasteiger partial charge >= 0.3 is 5.97 Å². The fraction of sp³-hybridized carbons (Fsp3) is 0.250. The molecule has 3 rings (SSSR count). The summed E-state index contributed by atoms with van der Waals surface area (Å²) in [5.41, 5.74) is 2.16. The average molecular weight is 419 g/mol. The summed E-state index contributed by atoms with van der Waals surface area (Å²) in [6.45, 7) is 1.37. The minimum absolute atomic E-state index is 0.185. The maximum Gasteiger partial charge on any atom is 0.347 e. The number of fused-ring (bicyclic) bond motifs is 1. The molecule has 1 aliphatic heterocycles. The second-order valence-corrected chi connectivity index (χ2v) is 6.52. The smallest absolute Gasteiger partial charge is 0.347 e. The van der Waals surface area contributed by atoms with E-state index in [-0.39, 0.29) is 13.3 Å². The maximum atomic E-state index is 11.8. The van der Waals surface area contributed by atoms with Gasteiger partial charge in [-0.15, -0.1) is 0 Å². The lowest BCUT2D eigenvalue weighted by Crippen LogP contribution is -2.29. The minimum Gasteiger partial charge on any atom is -0.454 e. The van der Waals surface area contributed by atoms with Gasteiger partial charge in [-0.1, -0.05) is 28.9 Å². The van der Waals surface area contributed by atoms with Crippen molar-refractivity contribution < 1.29 is 28.6 Å². The number of oxime groups is 1. The van der Waals surface area contributed by atoms with E-state index >= 15 is 0 Å². The summed E-state index contributed by atoms with van der Waals surface area (Å²) < 4.78 is 15.4. The number of ether oxygens (including phenoxy) is 3. The van der Waals surface area contributed by atoms with Gasteiger partial charge in [0, 0.05) is 17.1 Å². The highest BCUT2D eigenvalue weighted by molar-refractivity contribution is 6.30. The van der Waals surface area contributed by atoms with E-state index in [1.165, 1.54) is 0 Å². The van der Waals surface area contributed by atoms with Crippen molar-refractivity contribution in [1.82, 2.24) is 5.32 Å². The van der Waals surface area contributed by atoms with Crippen LogP contribution in [-0.2, 0) is 25.7 Å². The molecule has 0 saturated heterocycles. The summed E-state index contributed by atoms with van der Waals surface area (Å²) in [7, 11) is 0. The van der Waals surface area contributed by atoms with Crippen LogP contribution in [0.5, 0.6) is 11.5 Å². The van der Waals surface area contributed by atoms with Gasteiger partial charge in [0.1, 0.15) is 0 Å². The third-order valence-corrected chi connectivity index (χ3v) is 4.15. The van der Waals surface area contributed by atoms with E-state index < -0.39 is 25.1 Å². The topological polar surface area (TPSA) is 95.5 Å². The zero-order valence-corrected chi connectivity index (χ0v) is 16.4. The van der Waals surface area contributed by atoms with Crippen LogP contribution in [0.15, 0.2) is 47.6 Å². The zero-order valence-electron chi connectivity index (χ0n) is 15.6. The quantitative estimate of drug-likeness (QED) is 0.402. The highest BCUT2D eigenvalue weighted by atomic mass is 35.5. The molecule has 2 aromatic carbocycles. The first kappa shape index (κ1) is 20.5. The number of benzene rings is 2. The number of rotatable bonds is 8. The van der Waals surface area contributed by atoms with E-state index in [4.69, 9.17) is 30.6 Å². The molecule has 0 unspecified atom stereocenters. The van der Waals surface area contributed by atoms with Gasteiger partial charge in [0.25, 0.3) is 5.91 Å². The van der Waals surface area contributed by atoms with Crippen LogP contribution < -0.4 is 14.8 Å². The summed E-state index contributed by atoms with van der Waals surface area (Å²) in [4.78, 5) is 28.4. The number of carbonyl (C=O) groups is 2. The number of hydrogen-bond acceptors (Lipinski definition) is 7. The van der Waals surface area contributed by atoms with Crippen molar-refractivity contribution >= 4 is 29.2 Å². The van der Waals surface area contributed by atoms with E-state index in [1.807, 2.05) is 6.07 Å². The molecule has 1 heterocycles. The molecule has 0 saturated carbocycles. The lowest BCUT2D eigenvalue weighted by molar-refractivity contribution is -0.152. The molecule has 0 aliphatic carbocycles. The van der Waals surface area contributed by atoms with Gasteiger partial charge in [0.15, 0.2) is 18.1 Å². The highest BCUT2D eigenvalue weighted by Gasteiger charge is 2.14. The van der Waals surface area contributed by atoms with Gasteiger partial charge in [-0.2, -0.15) is 0 Å². The molecule has 2 aromatic rings. The zero-order chi connectivity index (χ0) is 20.6. The number of esters is 1. The average Bonchev–Trinajstić information content (AvgIpc) is 3.18. The van der Waals surface area contributed by atoms with Crippen LogP contribution in [0.1, 0.15) is 18.1 Å². The lowest BCUT2D eigenvalue weighted by Gasteiger charge is -2.07. The minimum atomic E-state index is -0.704. The Kier molecular flexibility index (Phi) is 6.91. The van der Waals surface area contributed by atoms with E-state index in [9.17, 15) is 9.59 Å². The number of hydrogen-bond donors (Lipinski definition) is 1. The van der Waals surface area contributed by atoms with Crippen molar-refractivity contribution in [1.29, 1.82) is 0 Å². The standard InChI is InChI=1S/C20H19ClN2O6/c1-13(15-5-6-17-18(8-15)28-12-27-17)23-29-11-20(25)26-10-19(24)22-9-14-3-2-4-16(21)7-14/h2-8H,9-12H2,1H3,(H,22,24)/b23-13+. The Morgan fingerprint density at radius 1 is 1.14 bits per heavy atom. The van der Waals surface area contributed by atoms with Crippen molar-refractivity contribution in [3.63, 3.8) is 0 Å².